The average Bonchev–Trinajstić information content (AvgIpc) is 2.68. The van der Waals surface area contributed by atoms with Crippen LogP contribution in [0.4, 0.5) is 11.4 Å². The molecule has 3 rings (SSSR count). The summed E-state index contributed by atoms with van der Waals surface area (Å²) in [6.45, 7) is 1.08. The first kappa shape index (κ1) is 18.5. The zero-order valence-corrected chi connectivity index (χ0v) is 15.0. The summed E-state index contributed by atoms with van der Waals surface area (Å²) in [4.78, 5) is 24.5. The van der Waals surface area contributed by atoms with Crippen molar-refractivity contribution < 1.29 is 19.2 Å². The first-order chi connectivity index (χ1) is 13.0. The molecule has 0 saturated carbocycles. The van der Waals surface area contributed by atoms with E-state index in [1.165, 1.54) is 6.07 Å². The fourth-order valence-electron chi connectivity index (χ4n) is 2.84. The van der Waals surface area contributed by atoms with Crippen LogP contribution in [0.15, 0.2) is 48.5 Å². The van der Waals surface area contributed by atoms with Crippen LogP contribution in [-0.4, -0.2) is 48.6 Å². The molecule has 0 spiro atoms. The number of carbonyl (C=O) groups excluding carboxylic acids is 1. The van der Waals surface area contributed by atoms with Crippen molar-refractivity contribution in [1.29, 1.82) is 0 Å². The maximum atomic E-state index is 12.3. The number of nitrogens with one attached hydrogen (secondary N) is 1. The topological polar surface area (TPSA) is 93.9 Å². The lowest BCUT2D eigenvalue weighted by Crippen LogP contribution is -2.42. The monoisotopic (exact) mass is 371 g/mol. The van der Waals surface area contributed by atoms with Crippen molar-refractivity contribution in [2.45, 2.75) is 12.5 Å². The van der Waals surface area contributed by atoms with Gasteiger partial charge in [-0.3, -0.25) is 14.9 Å². The van der Waals surface area contributed by atoms with Crippen LogP contribution in [0.5, 0.6) is 11.5 Å². The predicted octanol–water partition coefficient (Wildman–Crippen LogP) is 2.70. The lowest BCUT2D eigenvalue weighted by molar-refractivity contribution is -0.384. The first-order valence-electron chi connectivity index (χ1n) is 8.64. The summed E-state index contributed by atoms with van der Waals surface area (Å²) in [5.41, 5.74) is 0.392. The standard InChI is InChI=1S/C19H21N3O5/c1-21(12-14-13-26-17-8-4-5-9-18(17)27-14)19(23)10-11-20-15-6-2-3-7-16(15)22(24)25/h2-9,14,20H,10-13H2,1H3. The van der Waals surface area contributed by atoms with Gasteiger partial charge in [0.25, 0.3) is 5.69 Å². The predicted molar refractivity (Wildman–Crippen MR) is 100 cm³/mol. The molecule has 8 heteroatoms. The molecule has 1 heterocycles. The number of nitro groups is 1. The molecular weight excluding hydrogens is 350 g/mol. The highest BCUT2D eigenvalue weighted by Crippen LogP contribution is 2.31. The van der Waals surface area contributed by atoms with Crippen LogP contribution in [-0.2, 0) is 4.79 Å². The first-order valence-corrected chi connectivity index (χ1v) is 8.64. The maximum Gasteiger partial charge on any atom is 0.292 e. The van der Waals surface area contributed by atoms with Crippen molar-refractivity contribution in [3.63, 3.8) is 0 Å². The molecule has 1 aliphatic heterocycles. The number of carbonyl (C=O) groups is 1. The Kier molecular flexibility index (Phi) is 5.75. The Morgan fingerprint density at radius 1 is 1.22 bits per heavy atom. The number of anilines is 1. The number of nitrogens with zero attached hydrogens (tertiary/aromatic N) is 2. The molecule has 1 atom stereocenters. The summed E-state index contributed by atoms with van der Waals surface area (Å²) in [7, 11) is 1.71. The second-order valence-electron chi connectivity index (χ2n) is 6.22. The van der Waals surface area contributed by atoms with Gasteiger partial charge in [0.15, 0.2) is 17.6 Å². The normalized spacial score (nSPS) is 15.1. The fraction of sp³-hybridized carbons (Fsp3) is 0.316. The zero-order chi connectivity index (χ0) is 19.2. The van der Waals surface area contributed by atoms with E-state index < -0.39 is 4.92 Å². The van der Waals surface area contributed by atoms with Crippen molar-refractivity contribution in [1.82, 2.24) is 4.90 Å². The number of benzene rings is 2. The minimum atomic E-state index is -0.450. The summed E-state index contributed by atoms with van der Waals surface area (Å²) in [5, 5.41) is 14.0. The summed E-state index contributed by atoms with van der Waals surface area (Å²) >= 11 is 0. The number of ether oxygens (including phenoxy) is 2. The largest absolute Gasteiger partial charge is 0.486 e. The molecule has 2 aromatic rings. The Labute approximate surface area is 156 Å². The van der Waals surface area contributed by atoms with E-state index in [0.717, 1.165) is 0 Å². The van der Waals surface area contributed by atoms with Crippen LogP contribution in [0.25, 0.3) is 0 Å². The van der Waals surface area contributed by atoms with Crippen LogP contribution < -0.4 is 14.8 Å². The van der Waals surface area contributed by atoms with Gasteiger partial charge in [-0.15, -0.1) is 0 Å². The summed E-state index contributed by atoms with van der Waals surface area (Å²) in [6, 6.07) is 13.8. The van der Waals surface area contributed by atoms with Crippen LogP contribution >= 0.6 is 0 Å². The molecule has 1 aliphatic rings. The molecule has 0 fully saturated rings. The van der Waals surface area contributed by atoms with Crippen molar-refractivity contribution in [2.75, 3.05) is 32.1 Å². The van der Waals surface area contributed by atoms with Gasteiger partial charge >= 0.3 is 0 Å². The van der Waals surface area contributed by atoms with Gasteiger partial charge < -0.3 is 19.7 Å². The van der Waals surface area contributed by atoms with E-state index in [0.29, 0.717) is 36.9 Å². The summed E-state index contributed by atoms with van der Waals surface area (Å²) in [5.74, 6) is 1.30. The van der Waals surface area contributed by atoms with Gasteiger partial charge in [-0.05, 0) is 18.2 Å². The lowest BCUT2D eigenvalue weighted by atomic mass is 10.2. The molecule has 142 valence electrons. The molecule has 1 N–H and O–H groups in total. The third-order valence-corrected chi connectivity index (χ3v) is 4.23. The third kappa shape index (κ3) is 4.66. The Morgan fingerprint density at radius 3 is 2.70 bits per heavy atom. The number of rotatable bonds is 7. The van der Waals surface area contributed by atoms with E-state index in [-0.39, 0.29) is 24.1 Å². The number of nitro benzene ring substituents is 1. The number of fused-ring (bicyclic) bond motifs is 1. The SMILES string of the molecule is CN(CC1COc2ccccc2O1)C(=O)CCNc1ccccc1[N+](=O)[O-]. The van der Waals surface area contributed by atoms with Crippen molar-refractivity contribution in [3.05, 3.63) is 58.6 Å². The third-order valence-electron chi connectivity index (χ3n) is 4.23. The molecule has 27 heavy (non-hydrogen) atoms. The highest BCUT2D eigenvalue weighted by atomic mass is 16.6. The van der Waals surface area contributed by atoms with E-state index in [9.17, 15) is 14.9 Å². The lowest BCUT2D eigenvalue weighted by Gasteiger charge is -2.29. The maximum absolute atomic E-state index is 12.3. The quantitative estimate of drug-likeness (QED) is 0.594. The molecule has 8 nitrogen and oxygen atoms in total. The van der Waals surface area contributed by atoms with Crippen LogP contribution in [0.3, 0.4) is 0 Å². The number of hydrogen-bond acceptors (Lipinski definition) is 6. The molecule has 0 aliphatic carbocycles. The summed E-state index contributed by atoms with van der Waals surface area (Å²) in [6.07, 6.45) is -0.0239. The molecule has 0 saturated heterocycles. The second-order valence-corrected chi connectivity index (χ2v) is 6.22. The minimum Gasteiger partial charge on any atom is -0.486 e. The molecule has 0 aromatic heterocycles. The van der Waals surface area contributed by atoms with Gasteiger partial charge in [0.05, 0.1) is 11.5 Å². The Morgan fingerprint density at radius 2 is 1.93 bits per heavy atom. The van der Waals surface area contributed by atoms with Gasteiger partial charge in [-0.25, -0.2) is 0 Å². The number of likely N-dealkylation sites (N-methyl/N-ethyl adjacent to an activating group) is 1. The highest BCUT2D eigenvalue weighted by molar-refractivity contribution is 5.76. The Bertz CT molecular complexity index is 826. The van der Waals surface area contributed by atoms with Crippen molar-refractivity contribution in [3.8, 4) is 11.5 Å². The molecule has 1 amide bonds. The second kappa shape index (κ2) is 8.39. The Hall–Kier alpha value is -3.29. The average molecular weight is 371 g/mol. The van der Waals surface area contributed by atoms with Gasteiger partial charge in [-0.2, -0.15) is 0 Å². The molecular formula is C19H21N3O5. The molecule has 0 radical (unpaired) electrons. The fourth-order valence-corrected chi connectivity index (χ4v) is 2.84. The van der Waals surface area contributed by atoms with E-state index in [2.05, 4.69) is 5.32 Å². The van der Waals surface area contributed by atoms with E-state index in [4.69, 9.17) is 9.47 Å². The van der Waals surface area contributed by atoms with Crippen LogP contribution in [0.1, 0.15) is 6.42 Å². The minimum absolute atomic E-state index is 0.00952. The molecule has 0 bridgehead atoms. The molecule has 1 unspecified atom stereocenters. The summed E-state index contributed by atoms with van der Waals surface area (Å²) < 4.78 is 11.5. The number of para-hydroxylation sites is 4. The highest BCUT2D eigenvalue weighted by Gasteiger charge is 2.23. The van der Waals surface area contributed by atoms with Crippen molar-refractivity contribution >= 4 is 17.3 Å². The number of amides is 1. The van der Waals surface area contributed by atoms with E-state index in [1.807, 2.05) is 24.3 Å². The van der Waals surface area contributed by atoms with Crippen LogP contribution in [0.2, 0.25) is 0 Å². The van der Waals surface area contributed by atoms with Gasteiger partial charge in [-0.1, -0.05) is 24.3 Å². The van der Waals surface area contributed by atoms with Gasteiger partial charge in [0, 0.05) is 26.1 Å². The van der Waals surface area contributed by atoms with E-state index in [1.54, 1.807) is 30.1 Å². The van der Waals surface area contributed by atoms with Crippen LogP contribution in [0, 0.1) is 10.1 Å². The Balaban J connectivity index is 1.47. The zero-order valence-electron chi connectivity index (χ0n) is 15.0. The van der Waals surface area contributed by atoms with E-state index >= 15 is 0 Å². The van der Waals surface area contributed by atoms with Gasteiger partial charge in [0.2, 0.25) is 5.91 Å². The smallest absolute Gasteiger partial charge is 0.292 e. The van der Waals surface area contributed by atoms with Gasteiger partial charge in [0.1, 0.15) is 12.3 Å². The molecule has 2 aromatic carbocycles. The van der Waals surface area contributed by atoms with Crippen molar-refractivity contribution in [2.24, 2.45) is 0 Å². The number of hydrogen-bond donors (Lipinski definition) is 1.